The van der Waals surface area contributed by atoms with Crippen molar-refractivity contribution in [2.24, 2.45) is 0 Å². The van der Waals surface area contributed by atoms with Crippen LogP contribution in [0.25, 0.3) is 0 Å². The van der Waals surface area contributed by atoms with E-state index < -0.39 is 0 Å². The third-order valence-electron chi connectivity index (χ3n) is 2.98. The minimum atomic E-state index is 0.593. The second-order valence-electron chi connectivity index (χ2n) is 4.91. The maximum atomic E-state index is 10.2. The van der Waals surface area contributed by atoms with E-state index in [-0.39, 0.29) is 0 Å². The maximum absolute atomic E-state index is 10.2. The molecule has 0 aliphatic carbocycles. The predicted octanol–water partition coefficient (Wildman–Crippen LogP) is 2.50. The summed E-state index contributed by atoms with van der Waals surface area (Å²) in [6, 6.07) is 10.8. The molecule has 2 rings (SSSR count). The van der Waals surface area contributed by atoms with Crippen molar-refractivity contribution >= 4 is 41.9 Å². The van der Waals surface area contributed by atoms with Crippen LogP contribution in [0.15, 0.2) is 36.4 Å². The van der Waals surface area contributed by atoms with Gasteiger partial charge in [-0.15, -0.1) is 0 Å². The first-order chi connectivity index (χ1) is 11.9. The van der Waals surface area contributed by atoms with Gasteiger partial charge in [-0.05, 0) is 56.2 Å². The van der Waals surface area contributed by atoms with Crippen LogP contribution in [-0.4, -0.2) is 19.1 Å². The summed E-state index contributed by atoms with van der Waals surface area (Å²) in [4.78, 5) is 29.1. The summed E-state index contributed by atoms with van der Waals surface area (Å²) in [6.45, 7) is 5.27. The highest BCUT2D eigenvalue weighted by atomic mass is 16.1. The van der Waals surface area contributed by atoms with Crippen molar-refractivity contribution in [3.8, 4) is 0 Å². The van der Waals surface area contributed by atoms with E-state index in [4.69, 9.17) is 16.3 Å². The van der Waals surface area contributed by atoms with E-state index in [1.165, 1.54) is 6.92 Å². The Labute approximate surface area is 147 Å². The first-order valence-corrected chi connectivity index (χ1v) is 7.42. The third kappa shape index (κ3) is 8.75. The number of aldehydes is 1. The van der Waals surface area contributed by atoms with Crippen LogP contribution in [0.3, 0.4) is 0 Å². The first-order valence-electron chi connectivity index (χ1n) is 7.42. The molecule has 6 N–H and O–H groups in total. The molecule has 0 unspecified atom stereocenters. The van der Waals surface area contributed by atoms with Crippen LogP contribution in [0.5, 0.6) is 0 Å². The van der Waals surface area contributed by atoms with Crippen molar-refractivity contribution in [3.05, 3.63) is 47.5 Å². The summed E-state index contributed by atoms with van der Waals surface area (Å²) in [5.41, 5.74) is 15.8. The SMILES string of the molecule is CC=O.Cc1ccc(N)cc1N.Cc1ccc(NC=O)cc1NC=O. The Morgan fingerprint density at radius 1 is 0.840 bits per heavy atom. The lowest BCUT2D eigenvalue weighted by molar-refractivity contribution is -0.106. The third-order valence-corrected chi connectivity index (χ3v) is 2.98. The smallest absolute Gasteiger partial charge is 0.211 e. The lowest BCUT2D eigenvalue weighted by Crippen LogP contribution is -1.99. The molecule has 0 aromatic heterocycles. The zero-order valence-electron chi connectivity index (χ0n) is 14.6. The Kier molecular flexibility index (Phi) is 10.5. The van der Waals surface area contributed by atoms with Gasteiger partial charge in [0.15, 0.2) is 0 Å². The zero-order chi connectivity index (χ0) is 19.2. The zero-order valence-corrected chi connectivity index (χ0v) is 14.6. The Morgan fingerprint density at radius 3 is 1.88 bits per heavy atom. The van der Waals surface area contributed by atoms with Gasteiger partial charge in [-0.25, -0.2) is 0 Å². The van der Waals surface area contributed by atoms with Gasteiger partial charge in [0.2, 0.25) is 12.8 Å². The summed E-state index contributed by atoms with van der Waals surface area (Å²) < 4.78 is 0. The minimum absolute atomic E-state index is 0.593. The quantitative estimate of drug-likeness (QED) is 0.500. The van der Waals surface area contributed by atoms with Gasteiger partial charge in [-0.2, -0.15) is 0 Å². The fourth-order valence-corrected chi connectivity index (χ4v) is 1.66. The second kappa shape index (κ2) is 12.1. The van der Waals surface area contributed by atoms with Crippen molar-refractivity contribution in [3.63, 3.8) is 0 Å². The predicted molar refractivity (Wildman–Crippen MR) is 102 cm³/mol. The van der Waals surface area contributed by atoms with Crippen LogP contribution >= 0.6 is 0 Å². The Balaban J connectivity index is 0.000000417. The molecule has 2 aromatic carbocycles. The normalized spacial score (nSPS) is 8.60. The van der Waals surface area contributed by atoms with Crippen LogP contribution in [-0.2, 0) is 14.4 Å². The first kappa shape index (κ1) is 21.6. The van der Waals surface area contributed by atoms with Crippen LogP contribution in [0, 0.1) is 13.8 Å². The monoisotopic (exact) mass is 344 g/mol. The molecule has 0 fully saturated rings. The van der Waals surface area contributed by atoms with Gasteiger partial charge in [-0.3, -0.25) is 9.59 Å². The fourth-order valence-electron chi connectivity index (χ4n) is 1.66. The van der Waals surface area contributed by atoms with Gasteiger partial charge in [0.25, 0.3) is 0 Å². The van der Waals surface area contributed by atoms with Crippen LogP contribution in [0.1, 0.15) is 18.1 Å². The maximum Gasteiger partial charge on any atom is 0.211 e. The molecule has 7 heteroatoms. The van der Waals surface area contributed by atoms with Crippen molar-refractivity contribution in [1.82, 2.24) is 0 Å². The highest BCUT2D eigenvalue weighted by molar-refractivity contribution is 5.79. The fraction of sp³-hybridized carbons (Fsp3) is 0.167. The van der Waals surface area contributed by atoms with Crippen molar-refractivity contribution in [2.45, 2.75) is 20.8 Å². The Bertz CT molecular complexity index is 703. The number of hydrogen-bond acceptors (Lipinski definition) is 5. The molecule has 0 saturated heterocycles. The highest BCUT2D eigenvalue weighted by Crippen LogP contribution is 2.19. The van der Waals surface area contributed by atoms with Gasteiger partial charge in [0.05, 0.1) is 0 Å². The topological polar surface area (TPSA) is 127 Å². The Hall–Kier alpha value is -3.35. The number of hydrogen-bond donors (Lipinski definition) is 4. The summed E-state index contributed by atoms with van der Waals surface area (Å²) in [6.07, 6.45) is 1.95. The van der Waals surface area contributed by atoms with E-state index in [9.17, 15) is 9.59 Å². The van der Waals surface area contributed by atoms with Crippen molar-refractivity contribution < 1.29 is 14.4 Å². The number of nitrogen functional groups attached to an aromatic ring is 2. The van der Waals surface area contributed by atoms with E-state index in [1.807, 2.05) is 32.0 Å². The van der Waals surface area contributed by atoms with Crippen LogP contribution in [0.2, 0.25) is 0 Å². The lowest BCUT2D eigenvalue weighted by Gasteiger charge is -2.05. The molecule has 2 amide bonds. The molecule has 0 aliphatic heterocycles. The molecule has 0 saturated carbocycles. The standard InChI is InChI=1S/C9H10N2O2.C7H10N2.C2H4O/c1-7-2-3-8(10-5-12)4-9(7)11-6-13;1-5-2-3-6(8)4-7(5)9;1-2-3/h2-6H,1H3,(H,10,12)(H,11,13);2-4H,8-9H2,1H3;2H,1H3. The van der Waals surface area contributed by atoms with E-state index in [1.54, 1.807) is 18.2 Å². The number of carbonyl (C=O) groups excluding carboxylic acids is 3. The number of anilines is 4. The summed E-state index contributed by atoms with van der Waals surface area (Å²) in [7, 11) is 0. The number of aryl methyl sites for hydroxylation is 2. The van der Waals surface area contributed by atoms with E-state index in [2.05, 4.69) is 10.6 Å². The minimum Gasteiger partial charge on any atom is -0.399 e. The molecule has 25 heavy (non-hydrogen) atoms. The number of nitrogens with two attached hydrogens (primary N) is 2. The van der Waals surface area contributed by atoms with Gasteiger partial charge in [0.1, 0.15) is 6.29 Å². The molecule has 0 radical (unpaired) electrons. The second-order valence-corrected chi connectivity index (χ2v) is 4.91. The Morgan fingerprint density at radius 2 is 1.40 bits per heavy atom. The molecule has 0 bridgehead atoms. The van der Waals surface area contributed by atoms with Crippen LogP contribution < -0.4 is 22.1 Å². The number of rotatable bonds is 4. The molecule has 7 nitrogen and oxygen atoms in total. The summed E-state index contributed by atoms with van der Waals surface area (Å²) in [5, 5.41) is 5.04. The molecular weight excluding hydrogens is 320 g/mol. The van der Waals surface area contributed by atoms with Crippen LogP contribution in [0.4, 0.5) is 22.7 Å². The van der Waals surface area contributed by atoms with E-state index >= 15 is 0 Å². The molecule has 0 heterocycles. The van der Waals surface area contributed by atoms with Crippen molar-refractivity contribution in [2.75, 3.05) is 22.1 Å². The number of amides is 2. The summed E-state index contributed by atoms with van der Waals surface area (Å²) in [5.74, 6) is 0. The summed E-state index contributed by atoms with van der Waals surface area (Å²) >= 11 is 0. The average Bonchev–Trinajstić information content (AvgIpc) is 2.56. The average molecular weight is 344 g/mol. The molecule has 134 valence electrons. The van der Waals surface area contributed by atoms with Gasteiger partial charge in [0, 0.05) is 22.7 Å². The molecule has 0 aliphatic rings. The molecule has 2 aromatic rings. The number of carbonyl (C=O) groups is 3. The van der Waals surface area contributed by atoms with Crippen molar-refractivity contribution in [1.29, 1.82) is 0 Å². The lowest BCUT2D eigenvalue weighted by atomic mass is 10.2. The number of nitrogens with one attached hydrogen (secondary N) is 2. The van der Waals surface area contributed by atoms with E-state index in [0.717, 1.165) is 28.8 Å². The molecule has 0 spiro atoms. The number of benzene rings is 2. The van der Waals surface area contributed by atoms with Gasteiger partial charge >= 0.3 is 0 Å². The van der Waals surface area contributed by atoms with E-state index in [0.29, 0.717) is 24.2 Å². The molecular formula is C18H24N4O3. The highest BCUT2D eigenvalue weighted by Gasteiger charge is 1.98. The molecule has 0 atom stereocenters. The van der Waals surface area contributed by atoms with Gasteiger partial charge < -0.3 is 26.9 Å². The largest absolute Gasteiger partial charge is 0.399 e. The van der Waals surface area contributed by atoms with Gasteiger partial charge in [-0.1, -0.05) is 12.1 Å².